The molecule has 27 heavy (non-hydrogen) atoms. The average Bonchev–Trinajstić information content (AvgIpc) is 3.16. The maximum absolute atomic E-state index is 11.2. The number of rotatable bonds is 6. The van der Waals surface area contributed by atoms with E-state index in [1.807, 2.05) is 30.3 Å². The molecular weight excluding hydrogens is 381 g/mol. The Morgan fingerprint density at radius 1 is 1.19 bits per heavy atom. The van der Waals surface area contributed by atoms with Gasteiger partial charge in [0, 0.05) is 18.7 Å². The van der Waals surface area contributed by atoms with Crippen LogP contribution in [0.5, 0.6) is 0 Å². The van der Waals surface area contributed by atoms with E-state index in [1.165, 1.54) is 37.2 Å². The number of benzene rings is 2. The van der Waals surface area contributed by atoms with Gasteiger partial charge in [-0.2, -0.15) is 0 Å². The maximum atomic E-state index is 11.2. The van der Waals surface area contributed by atoms with Gasteiger partial charge in [0.15, 0.2) is 0 Å². The van der Waals surface area contributed by atoms with Crippen LogP contribution in [-0.2, 0) is 16.0 Å². The van der Waals surface area contributed by atoms with Crippen LogP contribution in [0, 0.1) is 0 Å². The second-order valence-corrected chi connectivity index (χ2v) is 7.53. The van der Waals surface area contributed by atoms with Gasteiger partial charge < -0.3 is 4.74 Å². The van der Waals surface area contributed by atoms with Crippen molar-refractivity contribution in [1.29, 1.82) is 0 Å². The topological polar surface area (TPSA) is 29.5 Å². The summed E-state index contributed by atoms with van der Waals surface area (Å²) in [6.45, 7) is 2.10. The van der Waals surface area contributed by atoms with Gasteiger partial charge in [-0.15, -0.1) is 0 Å². The third kappa shape index (κ3) is 5.35. The first-order valence-corrected chi connectivity index (χ1v) is 9.86. The number of carbonyl (C=O) groups excluding carboxylic acids is 1. The zero-order valence-corrected chi connectivity index (χ0v) is 16.8. The highest BCUT2D eigenvalue weighted by Crippen LogP contribution is 2.32. The van der Waals surface area contributed by atoms with Gasteiger partial charge in [0.05, 0.1) is 17.2 Å². The molecule has 0 bridgehead atoms. The van der Waals surface area contributed by atoms with Crippen molar-refractivity contribution in [2.75, 3.05) is 20.2 Å². The molecule has 142 valence electrons. The first kappa shape index (κ1) is 19.9. The Balaban J connectivity index is 1.62. The summed E-state index contributed by atoms with van der Waals surface area (Å²) < 4.78 is 4.62. The minimum Gasteiger partial charge on any atom is -0.466 e. The summed E-state index contributed by atoms with van der Waals surface area (Å²) in [6.07, 6.45) is 6.53. The summed E-state index contributed by atoms with van der Waals surface area (Å²) in [5, 5.41) is 1.21. The largest absolute Gasteiger partial charge is 0.466 e. The monoisotopic (exact) mass is 403 g/mol. The fraction of sp³-hybridized carbons (Fsp3) is 0.318. The van der Waals surface area contributed by atoms with Crippen molar-refractivity contribution in [2.24, 2.45) is 0 Å². The van der Waals surface area contributed by atoms with E-state index in [1.54, 1.807) is 6.08 Å². The van der Waals surface area contributed by atoms with Crippen molar-refractivity contribution in [1.82, 2.24) is 4.90 Å². The Morgan fingerprint density at radius 3 is 2.67 bits per heavy atom. The fourth-order valence-corrected chi connectivity index (χ4v) is 3.82. The van der Waals surface area contributed by atoms with Gasteiger partial charge in [-0.3, -0.25) is 4.90 Å². The van der Waals surface area contributed by atoms with Gasteiger partial charge in [-0.05, 0) is 60.7 Å². The van der Waals surface area contributed by atoms with Crippen LogP contribution in [0.15, 0.2) is 48.5 Å². The number of halogens is 2. The molecule has 5 heteroatoms. The van der Waals surface area contributed by atoms with Gasteiger partial charge in [0.25, 0.3) is 0 Å². The highest BCUT2D eigenvalue weighted by Gasteiger charge is 2.25. The zero-order valence-electron chi connectivity index (χ0n) is 15.3. The molecule has 0 spiro atoms. The quantitative estimate of drug-likeness (QED) is 0.466. The fourth-order valence-electron chi connectivity index (χ4n) is 3.50. The predicted molar refractivity (Wildman–Crippen MR) is 111 cm³/mol. The Kier molecular flexibility index (Phi) is 6.95. The van der Waals surface area contributed by atoms with E-state index < -0.39 is 0 Å². The van der Waals surface area contributed by atoms with Crippen molar-refractivity contribution in [3.63, 3.8) is 0 Å². The van der Waals surface area contributed by atoms with Crippen molar-refractivity contribution < 1.29 is 9.53 Å². The molecule has 1 aliphatic rings. The van der Waals surface area contributed by atoms with Gasteiger partial charge in [0.2, 0.25) is 0 Å². The number of esters is 1. The van der Waals surface area contributed by atoms with Gasteiger partial charge in [0.1, 0.15) is 0 Å². The van der Waals surface area contributed by atoms with E-state index in [2.05, 4.69) is 21.8 Å². The van der Waals surface area contributed by atoms with Crippen molar-refractivity contribution in [2.45, 2.75) is 25.3 Å². The van der Waals surface area contributed by atoms with E-state index in [0.29, 0.717) is 16.1 Å². The molecule has 3 rings (SSSR count). The number of carbonyl (C=O) groups is 1. The summed E-state index contributed by atoms with van der Waals surface area (Å²) in [5.41, 5.74) is 3.51. The maximum Gasteiger partial charge on any atom is 0.330 e. The smallest absolute Gasteiger partial charge is 0.330 e. The van der Waals surface area contributed by atoms with E-state index >= 15 is 0 Å². The third-order valence-electron chi connectivity index (χ3n) is 4.97. The second-order valence-electron chi connectivity index (χ2n) is 6.72. The van der Waals surface area contributed by atoms with Crippen LogP contribution in [0.1, 0.15) is 35.6 Å². The summed E-state index contributed by atoms with van der Waals surface area (Å²) in [6, 6.07) is 14.7. The van der Waals surface area contributed by atoms with E-state index in [0.717, 1.165) is 25.1 Å². The first-order chi connectivity index (χ1) is 13.1. The number of methoxy groups -OCH3 is 1. The molecule has 0 amide bonds. The van der Waals surface area contributed by atoms with Crippen LogP contribution in [0.4, 0.5) is 0 Å². The van der Waals surface area contributed by atoms with Gasteiger partial charge >= 0.3 is 5.97 Å². The molecule has 0 aromatic heterocycles. The van der Waals surface area contributed by atoms with Gasteiger partial charge in [-0.1, -0.05) is 53.5 Å². The first-order valence-electron chi connectivity index (χ1n) is 9.11. The van der Waals surface area contributed by atoms with E-state index in [-0.39, 0.29) is 5.97 Å². The lowest BCUT2D eigenvalue weighted by Gasteiger charge is -2.25. The van der Waals surface area contributed by atoms with E-state index in [4.69, 9.17) is 23.2 Å². The molecule has 2 aromatic carbocycles. The Labute approximate surface area is 170 Å². The standard InChI is InChI=1S/C22H23Cl2NO2/c1-27-22(26)11-7-16-4-8-18(9-5-16)21-3-2-13-25(21)14-12-17-6-10-19(23)20(24)15-17/h4-11,15,21H,2-3,12-14H2,1H3/b11-7+/t21-/m0/s1. The predicted octanol–water partition coefficient (Wildman–Crippen LogP) is 5.56. The molecule has 1 heterocycles. The van der Waals surface area contributed by atoms with Crippen LogP contribution in [0.3, 0.4) is 0 Å². The molecule has 0 N–H and O–H groups in total. The average molecular weight is 404 g/mol. The molecule has 1 saturated heterocycles. The molecule has 0 saturated carbocycles. The SMILES string of the molecule is COC(=O)/C=C/c1ccc([C@@H]2CCCN2CCc2ccc(Cl)c(Cl)c2)cc1. The highest BCUT2D eigenvalue weighted by atomic mass is 35.5. The molecule has 1 fully saturated rings. The normalized spacial score (nSPS) is 17.5. The molecule has 3 nitrogen and oxygen atoms in total. The van der Waals surface area contributed by atoms with Crippen LogP contribution < -0.4 is 0 Å². The second kappa shape index (κ2) is 9.41. The molecule has 0 radical (unpaired) electrons. The molecule has 0 unspecified atom stereocenters. The number of hydrogen-bond donors (Lipinski definition) is 0. The summed E-state index contributed by atoms with van der Waals surface area (Å²) in [4.78, 5) is 13.7. The summed E-state index contributed by atoms with van der Waals surface area (Å²) in [5.74, 6) is -0.344. The Morgan fingerprint density at radius 2 is 1.96 bits per heavy atom. The number of nitrogens with zero attached hydrogens (tertiary/aromatic N) is 1. The summed E-state index contributed by atoms with van der Waals surface area (Å²) in [7, 11) is 1.38. The third-order valence-corrected chi connectivity index (χ3v) is 5.71. The lowest BCUT2D eigenvalue weighted by Crippen LogP contribution is -2.25. The molecule has 1 aliphatic heterocycles. The van der Waals surface area contributed by atoms with Crippen LogP contribution >= 0.6 is 23.2 Å². The lowest BCUT2D eigenvalue weighted by atomic mass is 10.0. The van der Waals surface area contributed by atoms with Gasteiger partial charge in [-0.25, -0.2) is 4.79 Å². The van der Waals surface area contributed by atoms with Crippen LogP contribution in [0.25, 0.3) is 6.08 Å². The summed E-state index contributed by atoms with van der Waals surface area (Å²) >= 11 is 12.1. The lowest BCUT2D eigenvalue weighted by molar-refractivity contribution is -0.134. The number of hydrogen-bond acceptors (Lipinski definition) is 3. The van der Waals surface area contributed by atoms with Crippen molar-refractivity contribution in [3.8, 4) is 0 Å². The molecular formula is C22H23Cl2NO2. The Bertz CT molecular complexity index is 818. The van der Waals surface area contributed by atoms with E-state index in [9.17, 15) is 4.79 Å². The molecule has 2 aromatic rings. The number of ether oxygens (including phenoxy) is 1. The van der Waals surface area contributed by atoms with Crippen molar-refractivity contribution in [3.05, 3.63) is 75.3 Å². The molecule has 1 atom stereocenters. The highest BCUT2D eigenvalue weighted by molar-refractivity contribution is 6.42. The molecule has 0 aliphatic carbocycles. The Hall–Kier alpha value is -1.81. The van der Waals surface area contributed by atoms with Crippen molar-refractivity contribution >= 4 is 35.2 Å². The minimum atomic E-state index is -0.344. The van der Waals surface area contributed by atoms with Crippen LogP contribution in [0.2, 0.25) is 10.0 Å². The minimum absolute atomic E-state index is 0.344. The zero-order chi connectivity index (χ0) is 19.2. The van der Waals surface area contributed by atoms with Crippen LogP contribution in [-0.4, -0.2) is 31.1 Å². The number of likely N-dealkylation sites (tertiary alicyclic amines) is 1.